The summed E-state index contributed by atoms with van der Waals surface area (Å²) >= 11 is 0. The number of para-hydroxylation sites is 1. The minimum absolute atomic E-state index is 0.0159. The zero-order valence-electron chi connectivity index (χ0n) is 18.3. The normalized spacial score (nSPS) is 11.0. The van der Waals surface area contributed by atoms with Gasteiger partial charge >= 0.3 is 0 Å². The van der Waals surface area contributed by atoms with Crippen LogP contribution in [-0.4, -0.2) is 5.91 Å². The topological polar surface area (TPSA) is 62.1 Å². The lowest BCUT2D eigenvalue weighted by Crippen LogP contribution is -2.14. The summed E-state index contributed by atoms with van der Waals surface area (Å²) in [7, 11) is 0. The number of carbonyl (C=O) groups is 1. The third kappa shape index (κ3) is 5.61. The smallest absolute Gasteiger partial charge is 0.266 e. The van der Waals surface area contributed by atoms with E-state index < -0.39 is 5.91 Å². The molecule has 3 aromatic rings. The molecule has 0 fully saturated rings. The highest BCUT2D eigenvalue weighted by Crippen LogP contribution is 2.24. The van der Waals surface area contributed by atoms with Crippen molar-refractivity contribution in [3.63, 3.8) is 0 Å². The zero-order valence-corrected chi connectivity index (χ0v) is 18.3. The number of nitrogens with zero attached hydrogens (tertiary/aromatic N) is 1. The molecule has 0 unspecified atom stereocenters. The number of ether oxygens (including phenoxy) is 1. The van der Waals surface area contributed by atoms with Gasteiger partial charge in [0.05, 0.1) is 0 Å². The van der Waals surface area contributed by atoms with Gasteiger partial charge in [0.2, 0.25) is 0 Å². The van der Waals surface area contributed by atoms with Gasteiger partial charge in [-0.2, -0.15) is 5.26 Å². The quantitative estimate of drug-likeness (QED) is 0.398. The van der Waals surface area contributed by atoms with E-state index in [-0.39, 0.29) is 5.57 Å². The number of aryl methyl sites for hydroxylation is 4. The summed E-state index contributed by atoms with van der Waals surface area (Å²) in [5.74, 6) is 0.172. The van der Waals surface area contributed by atoms with Crippen LogP contribution in [0, 0.1) is 39.0 Å². The van der Waals surface area contributed by atoms with Crippen LogP contribution in [0.5, 0.6) is 5.75 Å². The Labute approximate surface area is 183 Å². The molecule has 0 bridgehead atoms. The first-order valence-corrected chi connectivity index (χ1v) is 10.2. The number of carbonyl (C=O) groups excluding carboxylic acids is 1. The van der Waals surface area contributed by atoms with Gasteiger partial charge in [-0.15, -0.1) is 0 Å². The number of nitriles is 1. The molecule has 0 saturated carbocycles. The summed E-state index contributed by atoms with van der Waals surface area (Å²) in [5, 5.41) is 12.4. The summed E-state index contributed by atoms with van der Waals surface area (Å²) in [4.78, 5) is 12.7. The van der Waals surface area contributed by atoms with Gasteiger partial charge < -0.3 is 10.1 Å². The van der Waals surface area contributed by atoms with Crippen LogP contribution in [0.15, 0.2) is 66.2 Å². The predicted molar refractivity (Wildman–Crippen MR) is 125 cm³/mol. The Morgan fingerprint density at radius 1 is 0.968 bits per heavy atom. The van der Waals surface area contributed by atoms with Crippen LogP contribution in [0.3, 0.4) is 0 Å². The molecule has 0 aromatic heterocycles. The van der Waals surface area contributed by atoms with E-state index in [1.165, 1.54) is 11.1 Å². The van der Waals surface area contributed by atoms with Gasteiger partial charge in [-0.1, -0.05) is 54.1 Å². The van der Waals surface area contributed by atoms with Crippen molar-refractivity contribution >= 4 is 17.7 Å². The fraction of sp³-hybridized carbons (Fsp3) is 0.185. The molecule has 1 amide bonds. The van der Waals surface area contributed by atoms with Crippen molar-refractivity contribution in [1.29, 1.82) is 5.26 Å². The van der Waals surface area contributed by atoms with Crippen LogP contribution in [0.2, 0.25) is 0 Å². The molecule has 156 valence electrons. The molecule has 4 heteroatoms. The molecule has 1 N–H and O–H groups in total. The van der Waals surface area contributed by atoms with Crippen LogP contribution < -0.4 is 10.1 Å². The summed E-state index contributed by atoms with van der Waals surface area (Å²) in [6, 6.07) is 21.4. The van der Waals surface area contributed by atoms with Crippen LogP contribution in [-0.2, 0) is 11.4 Å². The highest BCUT2D eigenvalue weighted by atomic mass is 16.5. The molecule has 0 aliphatic rings. The average Bonchev–Trinajstić information content (AvgIpc) is 2.75. The first kappa shape index (κ1) is 21.9. The Hall–Kier alpha value is -3.84. The Balaban J connectivity index is 1.80. The third-order valence-electron chi connectivity index (χ3n) is 5.18. The predicted octanol–water partition coefficient (Wildman–Crippen LogP) is 6.04. The lowest BCUT2D eigenvalue weighted by molar-refractivity contribution is -0.112. The SMILES string of the molecule is Cc1ccc(NC(=O)/C(C#N)=C/c2ccccc2OCc2ccc(C)c(C)c2)c(C)c1. The first-order chi connectivity index (χ1) is 14.9. The zero-order chi connectivity index (χ0) is 22.4. The van der Waals surface area contributed by atoms with E-state index in [0.29, 0.717) is 23.6 Å². The summed E-state index contributed by atoms with van der Waals surface area (Å²) in [6.07, 6.45) is 1.56. The maximum Gasteiger partial charge on any atom is 0.266 e. The molecular weight excluding hydrogens is 384 g/mol. The van der Waals surface area contributed by atoms with Gasteiger partial charge in [-0.05, 0) is 68.2 Å². The lowest BCUT2D eigenvalue weighted by Gasteiger charge is -2.11. The van der Waals surface area contributed by atoms with E-state index in [1.54, 1.807) is 6.08 Å². The summed E-state index contributed by atoms with van der Waals surface area (Å²) in [6.45, 7) is 8.47. The average molecular weight is 411 g/mol. The van der Waals surface area contributed by atoms with Crippen molar-refractivity contribution in [3.8, 4) is 11.8 Å². The van der Waals surface area contributed by atoms with Crippen molar-refractivity contribution < 1.29 is 9.53 Å². The Kier molecular flexibility index (Phi) is 6.89. The number of amides is 1. The molecule has 4 nitrogen and oxygen atoms in total. The van der Waals surface area contributed by atoms with Crippen LogP contribution >= 0.6 is 0 Å². The van der Waals surface area contributed by atoms with Gasteiger partial charge in [-0.3, -0.25) is 4.79 Å². The van der Waals surface area contributed by atoms with Crippen LogP contribution in [0.25, 0.3) is 6.08 Å². The molecule has 3 aromatic carbocycles. The lowest BCUT2D eigenvalue weighted by atomic mass is 10.1. The number of nitrogens with one attached hydrogen (secondary N) is 1. The summed E-state index contributed by atoms with van der Waals surface area (Å²) in [5.41, 5.74) is 6.96. The number of benzene rings is 3. The monoisotopic (exact) mass is 410 g/mol. The Morgan fingerprint density at radius 2 is 1.74 bits per heavy atom. The number of hydrogen-bond acceptors (Lipinski definition) is 3. The van der Waals surface area contributed by atoms with Crippen molar-refractivity contribution in [1.82, 2.24) is 0 Å². The third-order valence-corrected chi connectivity index (χ3v) is 5.18. The first-order valence-electron chi connectivity index (χ1n) is 10.2. The van der Waals surface area contributed by atoms with E-state index in [1.807, 2.05) is 68.4 Å². The molecule has 3 rings (SSSR count). The second-order valence-corrected chi connectivity index (χ2v) is 7.69. The van der Waals surface area contributed by atoms with E-state index in [9.17, 15) is 10.1 Å². The fourth-order valence-corrected chi connectivity index (χ4v) is 3.23. The Morgan fingerprint density at radius 3 is 2.45 bits per heavy atom. The number of anilines is 1. The molecule has 0 aliphatic heterocycles. The number of rotatable bonds is 6. The van der Waals surface area contributed by atoms with E-state index in [4.69, 9.17) is 4.74 Å². The van der Waals surface area contributed by atoms with Crippen molar-refractivity contribution in [3.05, 3.63) is 99.6 Å². The maximum atomic E-state index is 12.7. The van der Waals surface area contributed by atoms with Crippen LogP contribution in [0.4, 0.5) is 5.69 Å². The van der Waals surface area contributed by atoms with E-state index >= 15 is 0 Å². The minimum Gasteiger partial charge on any atom is -0.488 e. The van der Waals surface area contributed by atoms with Gasteiger partial charge in [0.15, 0.2) is 0 Å². The molecule has 0 heterocycles. The fourth-order valence-electron chi connectivity index (χ4n) is 3.23. The van der Waals surface area contributed by atoms with Crippen LogP contribution in [0.1, 0.15) is 33.4 Å². The molecule has 0 radical (unpaired) electrons. The highest BCUT2D eigenvalue weighted by molar-refractivity contribution is 6.10. The second-order valence-electron chi connectivity index (χ2n) is 7.69. The number of hydrogen-bond donors (Lipinski definition) is 1. The molecular formula is C27H26N2O2. The highest BCUT2D eigenvalue weighted by Gasteiger charge is 2.12. The standard InChI is InChI=1S/C27H26N2O2/c1-18-9-12-25(21(4)13-18)29-27(30)24(16-28)15-23-7-5-6-8-26(23)31-17-22-11-10-19(2)20(3)14-22/h5-15H,17H2,1-4H3,(H,29,30)/b24-15+. The molecule has 0 saturated heterocycles. The Bertz CT molecular complexity index is 1190. The van der Waals surface area contributed by atoms with E-state index in [2.05, 4.69) is 31.3 Å². The van der Waals surface area contributed by atoms with E-state index in [0.717, 1.165) is 16.7 Å². The molecule has 0 atom stereocenters. The maximum absolute atomic E-state index is 12.7. The molecule has 0 aliphatic carbocycles. The molecule has 31 heavy (non-hydrogen) atoms. The summed E-state index contributed by atoms with van der Waals surface area (Å²) < 4.78 is 6.01. The molecule has 0 spiro atoms. The second kappa shape index (κ2) is 9.77. The van der Waals surface area contributed by atoms with Crippen molar-refractivity contribution in [2.24, 2.45) is 0 Å². The van der Waals surface area contributed by atoms with Gasteiger partial charge in [0.1, 0.15) is 24.0 Å². The minimum atomic E-state index is -0.446. The van der Waals surface area contributed by atoms with Gasteiger partial charge in [0.25, 0.3) is 5.91 Å². The van der Waals surface area contributed by atoms with Crippen molar-refractivity contribution in [2.75, 3.05) is 5.32 Å². The largest absolute Gasteiger partial charge is 0.488 e. The van der Waals surface area contributed by atoms with Gasteiger partial charge in [-0.25, -0.2) is 0 Å². The van der Waals surface area contributed by atoms with Crippen molar-refractivity contribution in [2.45, 2.75) is 34.3 Å². The van der Waals surface area contributed by atoms with Gasteiger partial charge in [0, 0.05) is 11.3 Å².